The number of amides is 3. The van der Waals surface area contributed by atoms with Gasteiger partial charge in [-0.2, -0.15) is 0 Å². The van der Waals surface area contributed by atoms with Crippen LogP contribution in [0.4, 0.5) is 4.79 Å². The average molecular weight is 231 g/mol. The summed E-state index contributed by atoms with van der Waals surface area (Å²) in [5.41, 5.74) is 0. The molecule has 0 heterocycles. The molecule has 0 radical (unpaired) electrons. The molecule has 0 rings (SSSR count). The lowest BCUT2D eigenvalue weighted by molar-refractivity contribution is -0.135. The minimum atomic E-state index is -1.14. The van der Waals surface area contributed by atoms with Gasteiger partial charge in [0.2, 0.25) is 5.91 Å². The number of hydrogen-bond donors (Lipinski definition) is 4. The first-order valence-corrected chi connectivity index (χ1v) is 4.92. The van der Waals surface area contributed by atoms with E-state index in [1.54, 1.807) is 0 Å². The zero-order valence-corrected chi connectivity index (χ0v) is 9.37. The number of rotatable bonds is 6. The van der Waals surface area contributed by atoms with Gasteiger partial charge >= 0.3 is 12.0 Å². The van der Waals surface area contributed by atoms with E-state index in [0.717, 1.165) is 0 Å². The first-order chi connectivity index (χ1) is 7.41. The maximum Gasteiger partial charge on any atom is 0.323 e. The van der Waals surface area contributed by atoms with Crippen molar-refractivity contribution in [2.24, 2.45) is 5.92 Å². The normalized spacial score (nSPS) is 9.69. The molecule has 3 amide bonds. The van der Waals surface area contributed by atoms with Crippen LogP contribution in [0.15, 0.2) is 0 Å². The fraction of sp³-hybridized carbons (Fsp3) is 0.667. The third-order valence-corrected chi connectivity index (χ3v) is 1.52. The summed E-state index contributed by atoms with van der Waals surface area (Å²) in [5, 5.41) is 15.2. The van der Waals surface area contributed by atoms with E-state index in [9.17, 15) is 14.4 Å². The van der Waals surface area contributed by atoms with Crippen molar-refractivity contribution in [2.45, 2.75) is 13.8 Å². The second-order valence-electron chi connectivity index (χ2n) is 3.63. The Kier molecular flexibility index (Phi) is 6.66. The Bertz CT molecular complexity index is 265. The molecule has 0 aromatic heterocycles. The first-order valence-electron chi connectivity index (χ1n) is 4.92. The Morgan fingerprint density at radius 3 is 2.12 bits per heavy atom. The van der Waals surface area contributed by atoms with Crippen LogP contribution in [0.2, 0.25) is 0 Å². The fourth-order valence-electron chi connectivity index (χ4n) is 0.759. The molecule has 0 saturated heterocycles. The minimum absolute atomic E-state index is 0.168. The molecule has 0 saturated carbocycles. The van der Waals surface area contributed by atoms with Gasteiger partial charge in [-0.3, -0.25) is 9.59 Å². The highest BCUT2D eigenvalue weighted by Crippen LogP contribution is 1.86. The topological polar surface area (TPSA) is 108 Å². The number of hydrogen-bond acceptors (Lipinski definition) is 3. The van der Waals surface area contributed by atoms with Crippen molar-refractivity contribution < 1.29 is 19.5 Å². The van der Waals surface area contributed by atoms with Crippen molar-refractivity contribution in [1.82, 2.24) is 16.0 Å². The largest absolute Gasteiger partial charge is 0.480 e. The second-order valence-corrected chi connectivity index (χ2v) is 3.63. The molecule has 0 aliphatic rings. The van der Waals surface area contributed by atoms with E-state index >= 15 is 0 Å². The van der Waals surface area contributed by atoms with Gasteiger partial charge in [0.05, 0.1) is 6.54 Å². The SMILES string of the molecule is CC(C)CNC(=O)CNC(=O)NCC(=O)O. The van der Waals surface area contributed by atoms with Crippen LogP contribution in [-0.4, -0.2) is 42.6 Å². The van der Waals surface area contributed by atoms with E-state index in [4.69, 9.17) is 5.11 Å². The van der Waals surface area contributed by atoms with E-state index in [1.807, 2.05) is 13.8 Å². The van der Waals surface area contributed by atoms with Crippen LogP contribution >= 0.6 is 0 Å². The van der Waals surface area contributed by atoms with Crippen LogP contribution in [0.3, 0.4) is 0 Å². The van der Waals surface area contributed by atoms with Gasteiger partial charge in [-0.1, -0.05) is 13.8 Å². The number of carboxylic acid groups (broad SMARTS) is 1. The van der Waals surface area contributed by atoms with Gasteiger partial charge in [-0.15, -0.1) is 0 Å². The van der Waals surface area contributed by atoms with Crippen LogP contribution < -0.4 is 16.0 Å². The molecule has 0 fully saturated rings. The Hall–Kier alpha value is -1.79. The summed E-state index contributed by atoms with van der Waals surface area (Å²) < 4.78 is 0. The summed E-state index contributed by atoms with van der Waals surface area (Å²) in [4.78, 5) is 32.1. The number of carboxylic acids is 1. The van der Waals surface area contributed by atoms with Crippen molar-refractivity contribution in [1.29, 1.82) is 0 Å². The summed E-state index contributed by atoms with van der Waals surface area (Å²) >= 11 is 0. The molecule has 0 unspecified atom stereocenters. The number of aliphatic carboxylic acids is 1. The summed E-state index contributed by atoms with van der Waals surface area (Å²) in [6.45, 7) is 3.80. The summed E-state index contributed by atoms with van der Waals surface area (Å²) in [6.07, 6.45) is 0. The van der Waals surface area contributed by atoms with Crippen LogP contribution in [0.1, 0.15) is 13.8 Å². The van der Waals surface area contributed by atoms with Crippen molar-refractivity contribution in [2.75, 3.05) is 19.6 Å². The van der Waals surface area contributed by atoms with Crippen LogP contribution in [0.25, 0.3) is 0 Å². The maximum absolute atomic E-state index is 11.1. The molecule has 0 atom stereocenters. The van der Waals surface area contributed by atoms with Crippen molar-refractivity contribution >= 4 is 17.9 Å². The van der Waals surface area contributed by atoms with Crippen LogP contribution in [0.5, 0.6) is 0 Å². The monoisotopic (exact) mass is 231 g/mol. The van der Waals surface area contributed by atoms with Crippen LogP contribution in [0, 0.1) is 5.92 Å². The van der Waals surface area contributed by atoms with E-state index < -0.39 is 18.5 Å². The van der Waals surface area contributed by atoms with E-state index in [2.05, 4.69) is 16.0 Å². The highest BCUT2D eigenvalue weighted by molar-refractivity contribution is 5.85. The fourth-order valence-corrected chi connectivity index (χ4v) is 0.759. The standard InChI is InChI=1S/C9H17N3O4/c1-6(2)3-10-7(13)4-11-9(16)12-5-8(14)15/h6H,3-5H2,1-2H3,(H,10,13)(H,14,15)(H2,11,12,16). The van der Waals surface area contributed by atoms with Crippen molar-refractivity contribution in [3.05, 3.63) is 0 Å². The van der Waals surface area contributed by atoms with Gasteiger partial charge in [0, 0.05) is 6.54 Å². The Balaban J connectivity index is 3.59. The summed E-state index contributed by atoms with van der Waals surface area (Å²) in [5.74, 6) is -1.11. The van der Waals surface area contributed by atoms with Gasteiger partial charge in [0.15, 0.2) is 0 Å². The van der Waals surface area contributed by atoms with Crippen molar-refractivity contribution in [3.63, 3.8) is 0 Å². The molecule has 92 valence electrons. The molecule has 0 spiro atoms. The lowest BCUT2D eigenvalue weighted by Gasteiger charge is -2.08. The van der Waals surface area contributed by atoms with Gasteiger partial charge in [0.25, 0.3) is 0 Å². The predicted molar refractivity (Wildman–Crippen MR) is 56.9 cm³/mol. The van der Waals surface area contributed by atoms with E-state index in [-0.39, 0.29) is 12.5 Å². The van der Waals surface area contributed by atoms with Crippen LogP contribution in [-0.2, 0) is 9.59 Å². The molecule has 16 heavy (non-hydrogen) atoms. The zero-order chi connectivity index (χ0) is 12.6. The highest BCUT2D eigenvalue weighted by atomic mass is 16.4. The van der Waals surface area contributed by atoms with Gasteiger partial charge in [-0.05, 0) is 5.92 Å². The highest BCUT2D eigenvalue weighted by Gasteiger charge is 2.06. The molecule has 0 aliphatic carbocycles. The summed E-state index contributed by atoms with van der Waals surface area (Å²) in [6, 6.07) is -0.679. The molecular weight excluding hydrogens is 214 g/mol. The smallest absolute Gasteiger partial charge is 0.323 e. The van der Waals surface area contributed by atoms with Gasteiger partial charge in [0.1, 0.15) is 6.54 Å². The number of carbonyl (C=O) groups is 3. The number of carbonyl (C=O) groups excluding carboxylic acids is 2. The molecule has 0 bridgehead atoms. The zero-order valence-electron chi connectivity index (χ0n) is 9.37. The predicted octanol–water partition coefficient (Wildman–Crippen LogP) is -0.858. The molecule has 0 aromatic carbocycles. The molecule has 7 nitrogen and oxygen atoms in total. The number of urea groups is 1. The summed E-state index contributed by atoms with van der Waals surface area (Å²) in [7, 11) is 0. The minimum Gasteiger partial charge on any atom is -0.480 e. The third kappa shape index (κ3) is 8.79. The lowest BCUT2D eigenvalue weighted by Crippen LogP contribution is -2.44. The molecular formula is C9H17N3O4. The first kappa shape index (κ1) is 14.2. The maximum atomic E-state index is 11.1. The molecule has 4 N–H and O–H groups in total. The second kappa shape index (κ2) is 7.49. The number of nitrogens with one attached hydrogen (secondary N) is 3. The van der Waals surface area contributed by atoms with Gasteiger partial charge < -0.3 is 21.1 Å². The quantitative estimate of drug-likeness (QED) is 0.477. The Morgan fingerprint density at radius 2 is 1.62 bits per heavy atom. The molecule has 0 aliphatic heterocycles. The van der Waals surface area contributed by atoms with E-state index in [0.29, 0.717) is 12.5 Å². The molecule has 0 aromatic rings. The van der Waals surface area contributed by atoms with E-state index in [1.165, 1.54) is 0 Å². The third-order valence-electron chi connectivity index (χ3n) is 1.52. The Labute approximate surface area is 93.6 Å². The average Bonchev–Trinajstić information content (AvgIpc) is 2.20. The molecule has 7 heteroatoms. The van der Waals surface area contributed by atoms with Gasteiger partial charge in [-0.25, -0.2) is 4.79 Å². The lowest BCUT2D eigenvalue weighted by atomic mass is 10.2. The van der Waals surface area contributed by atoms with Crippen molar-refractivity contribution in [3.8, 4) is 0 Å². The Morgan fingerprint density at radius 1 is 1.06 bits per heavy atom.